The minimum absolute atomic E-state index is 0.0201. The molecular formula is C14H25N3O3. The van der Waals surface area contributed by atoms with Gasteiger partial charge in [0.1, 0.15) is 0 Å². The highest BCUT2D eigenvalue weighted by Crippen LogP contribution is 2.18. The van der Waals surface area contributed by atoms with Crippen LogP contribution in [0, 0.1) is 0 Å². The van der Waals surface area contributed by atoms with Crippen molar-refractivity contribution in [3.05, 3.63) is 0 Å². The van der Waals surface area contributed by atoms with Crippen molar-refractivity contribution >= 4 is 11.8 Å². The molecule has 6 heteroatoms. The molecule has 2 aliphatic heterocycles. The molecule has 0 aromatic heterocycles. The van der Waals surface area contributed by atoms with Crippen LogP contribution in [0.1, 0.15) is 38.5 Å². The minimum Gasteiger partial charge on any atom is -0.378 e. The summed E-state index contributed by atoms with van der Waals surface area (Å²) in [6.07, 6.45) is 5.60. The third-order valence-electron chi connectivity index (χ3n) is 4.08. The van der Waals surface area contributed by atoms with Crippen molar-refractivity contribution in [2.75, 3.05) is 26.2 Å². The van der Waals surface area contributed by atoms with Gasteiger partial charge in [-0.25, -0.2) is 0 Å². The van der Waals surface area contributed by atoms with Gasteiger partial charge in [-0.1, -0.05) is 0 Å². The predicted molar refractivity (Wildman–Crippen MR) is 75.0 cm³/mol. The van der Waals surface area contributed by atoms with Crippen molar-refractivity contribution in [2.45, 2.75) is 50.7 Å². The fourth-order valence-corrected chi connectivity index (χ4v) is 2.96. The van der Waals surface area contributed by atoms with Crippen LogP contribution < -0.4 is 11.1 Å². The molecule has 0 aromatic rings. The molecule has 3 N–H and O–H groups in total. The topological polar surface area (TPSA) is 84.7 Å². The van der Waals surface area contributed by atoms with Crippen molar-refractivity contribution < 1.29 is 14.3 Å². The van der Waals surface area contributed by atoms with Crippen LogP contribution in [0.3, 0.4) is 0 Å². The lowest BCUT2D eigenvalue weighted by atomic mass is 10.0. The number of hydrogen-bond acceptors (Lipinski definition) is 4. The zero-order chi connectivity index (χ0) is 14.4. The van der Waals surface area contributed by atoms with E-state index in [1.165, 1.54) is 6.42 Å². The Kier molecular flexibility index (Phi) is 5.79. The second-order valence-electron chi connectivity index (χ2n) is 5.66. The summed E-state index contributed by atoms with van der Waals surface area (Å²) in [6, 6.07) is 0.0993. The molecule has 114 valence electrons. The Morgan fingerprint density at radius 2 is 2.15 bits per heavy atom. The molecule has 6 nitrogen and oxygen atoms in total. The maximum Gasteiger partial charge on any atom is 0.237 e. The first-order valence-corrected chi connectivity index (χ1v) is 7.57. The summed E-state index contributed by atoms with van der Waals surface area (Å²) in [5.41, 5.74) is 5.26. The standard InChI is InChI=1S/C14H25N3O3/c15-13(18)10-17(11-6-7-16-9-11)14(19)5-4-12-3-1-2-8-20-12/h11-12,16H,1-10H2,(H2,15,18). The highest BCUT2D eigenvalue weighted by Gasteiger charge is 2.28. The molecule has 2 aliphatic rings. The van der Waals surface area contributed by atoms with Gasteiger partial charge in [0.25, 0.3) is 0 Å². The van der Waals surface area contributed by atoms with Gasteiger partial charge in [-0.05, 0) is 38.6 Å². The van der Waals surface area contributed by atoms with E-state index in [1.54, 1.807) is 4.90 Å². The summed E-state index contributed by atoms with van der Waals surface area (Å²) < 4.78 is 5.64. The van der Waals surface area contributed by atoms with Gasteiger partial charge < -0.3 is 20.7 Å². The van der Waals surface area contributed by atoms with Gasteiger partial charge in [0, 0.05) is 25.6 Å². The number of nitrogens with zero attached hydrogens (tertiary/aromatic N) is 1. The maximum atomic E-state index is 12.3. The first-order valence-electron chi connectivity index (χ1n) is 7.57. The Bertz CT molecular complexity index is 337. The van der Waals surface area contributed by atoms with Gasteiger partial charge in [-0.15, -0.1) is 0 Å². The molecule has 2 atom stereocenters. The minimum atomic E-state index is -0.445. The largest absolute Gasteiger partial charge is 0.378 e. The third-order valence-corrected chi connectivity index (χ3v) is 4.08. The van der Waals surface area contributed by atoms with Crippen molar-refractivity contribution in [3.8, 4) is 0 Å². The molecule has 0 saturated carbocycles. The Morgan fingerprint density at radius 1 is 1.30 bits per heavy atom. The lowest BCUT2D eigenvalue weighted by Crippen LogP contribution is -2.46. The first kappa shape index (κ1) is 15.3. The maximum absolute atomic E-state index is 12.3. The molecule has 0 radical (unpaired) electrons. The lowest BCUT2D eigenvalue weighted by molar-refractivity contribution is -0.138. The first-order chi connectivity index (χ1) is 9.66. The zero-order valence-corrected chi connectivity index (χ0v) is 12.0. The number of amides is 2. The van der Waals surface area contributed by atoms with E-state index in [-0.39, 0.29) is 24.6 Å². The average Bonchev–Trinajstić information content (AvgIpc) is 2.97. The summed E-state index contributed by atoms with van der Waals surface area (Å²) >= 11 is 0. The van der Waals surface area contributed by atoms with Crippen LogP contribution >= 0.6 is 0 Å². The third kappa shape index (κ3) is 4.45. The van der Waals surface area contributed by atoms with Gasteiger partial charge in [-0.2, -0.15) is 0 Å². The van der Waals surface area contributed by atoms with Crippen LogP contribution in [0.2, 0.25) is 0 Å². The predicted octanol–water partition coefficient (Wildman–Crippen LogP) is 0.0115. The van der Waals surface area contributed by atoms with Gasteiger partial charge in [-0.3, -0.25) is 9.59 Å². The van der Waals surface area contributed by atoms with E-state index >= 15 is 0 Å². The van der Waals surface area contributed by atoms with E-state index in [2.05, 4.69) is 5.32 Å². The van der Waals surface area contributed by atoms with Crippen LogP contribution in [0.25, 0.3) is 0 Å². The van der Waals surface area contributed by atoms with Gasteiger partial charge in [0.15, 0.2) is 0 Å². The second kappa shape index (κ2) is 7.59. The van der Waals surface area contributed by atoms with E-state index in [4.69, 9.17) is 10.5 Å². The normalized spacial score (nSPS) is 26.4. The molecule has 0 aliphatic carbocycles. The number of rotatable bonds is 6. The van der Waals surface area contributed by atoms with Crippen LogP contribution in [0.4, 0.5) is 0 Å². The Balaban J connectivity index is 1.83. The van der Waals surface area contributed by atoms with Crippen molar-refractivity contribution in [2.24, 2.45) is 5.73 Å². The number of nitrogens with two attached hydrogens (primary N) is 1. The molecule has 2 heterocycles. The number of carbonyl (C=O) groups excluding carboxylic acids is 2. The van der Waals surface area contributed by atoms with Crippen LogP contribution in [0.5, 0.6) is 0 Å². The molecule has 2 fully saturated rings. The fraction of sp³-hybridized carbons (Fsp3) is 0.857. The number of carbonyl (C=O) groups is 2. The lowest BCUT2D eigenvalue weighted by Gasteiger charge is -2.28. The molecule has 20 heavy (non-hydrogen) atoms. The average molecular weight is 283 g/mol. The quantitative estimate of drug-likeness (QED) is 0.719. The number of primary amides is 1. The highest BCUT2D eigenvalue weighted by atomic mass is 16.5. The number of nitrogens with one attached hydrogen (secondary N) is 1. The number of hydrogen-bond donors (Lipinski definition) is 2. The van der Waals surface area contributed by atoms with Crippen molar-refractivity contribution in [1.82, 2.24) is 10.2 Å². The smallest absolute Gasteiger partial charge is 0.237 e. The summed E-state index contributed by atoms with van der Waals surface area (Å²) in [5.74, 6) is -0.425. The van der Waals surface area contributed by atoms with E-state index in [9.17, 15) is 9.59 Å². The molecular weight excluding hydrogens is 258 g/mol. The van der Waals surface area contributed by atoms with E-state index in [0.717, 1.165) is 45.4 Å². The van der Waals surface area contributed by atoms with E-state index in [0.29, 0.717) is 6.42 Å². The highest BCUT2D eigenvalue weighted by molar-refractivity contribution is 5.84. The monoisotopic (exact) mass is 283 g/mol. The Morgan fingerprint density at radius 3 is 2.75 bits per heavy atom. The molecule has 0 spiro atoms. The molecule has 2 saturated heterocycles. The number of ether oxygens (including phenoxy) is 1. The Labute approximate surface area is 120 Å². The summed E-state index contributed by atoms with van der Waals surface area (Å²) in [6.45, 7) is 2.46. The van der Waals surface area contributed by atoms with Gasteiger partial charge in [0.2, 0.25) is 11.8 Å². The van der Waals surface area contributed by atoms with Gasteiger partial charge in [0.05, 0.1) is 12.6 Å². The van der Waals surface area contributed by atoms with Gasteiger partial charge >= 0.3 is 0 Å². The van der Waals surface area contributed by atoms with Crippen LogP contribution in [0.15, 0.2) is 0 Å². The van der Waals surface area contributed by atoms with Crippen LogP contribution in [-0.4, -0.2) is 55.1 Å². The fourth-order valence-electron chi connectivity index (χ4n) is 2.96. The van der Waals surface area contributed by atoms with E-state index in [1.807, 2.05) is 0 Å². The molecule has 0 bridgehead atoms. The summed E-state index contributed by atoms with van der Waals surface area (Å²) in [5, 5.41) is 3.22. The summed E-state index contributed by atoms with van der Waals surface area (Å²) in [7, 11) is 0. The zero-order valence-electron chi connectivity index (χ0n) is 12.0. The summed E-state index contributed by atoms with van der Waals surface area (Å²) in [4.78, 5) is 25.1. The van der Waals surface area contributed by atoms with Crippen molar-refractivity contribution in [3.63, 3.8) is 0 Å². The molecule has 2 rings (SSSR count). The Hall–Kier alpha value is -1.14. The molecule has 2 amide bonds. The molecule has 0 aromatic carbocycles. The van der Waals surface area contributed by atoms with E-state index < -0.39 is 5.91 Å². The molecule has 2 unspecified atom stereocenters. The van der Waals surface area contributed by atoms with Crippen molar-refractivity contribution in [1.29, 1.82) is 0 Å². The SMILES string of the molecule is NC(=O)CN(C(=O)CCC1CCCCO1)C1CCNC1. The second-order valence-corrected chi connectivity index (χ2v) is 5.66. The van der Waals surface area contributed by atoms with Crippen LogP contribution in [-0.2, 0) is 14.3 Å².